The second-order valence-corrected chi connectivity index (χ2v) is 8.56. The maximum Gasteiger partial charge on any atom is 0.263 e. The Bertz CT molecular complexity index is 1460. The van der Waals surface area contributed by atoms with Gasteiger partial charge in [0.2, 0.25) is 0 Å². The summed E-state index contributed by atoms with van der Waals surface area (Å²) in [5, 5.41) is 12.2. The number of anilines is 3. The van der Waals surface area contributed by atoms with Crippen molar-refractivity contribution >= 4 is 38.4 Å². The first-order chi connectivity index (χ1) is 15.9. The predicted octanol–water partition coefficient (Wildman–Crippen LogP) is 4.06. The minimum Gasteiger partial charge on any atom is -0.497 e. The number of hydrogen-bond donors (Lipinski definition) is 2. The number of methoxy groups -OCH3 is 2. The van der Waals surface area contributed by atoms with E-state index in [1.54, 1.807) is 36.4 Å². The van der Waals surface area contributed by atoms with Gasteiger partial charge >= 0.3 is 0 Å². The lowest BCUT2D eigenvalue weighted by atomic mass is 10.2. The van der Waals surface area contributed by atoms with Gasteiger partial charge in [0.15, 0.2) is 11.6 Å². The summed E-state index contributed by atoms with van der Waals surface area (Å²) in [5.74, 6) is 1.27. The van der Waals surface area contributed by atoms with Crippen molar-refractivity contribution in [1.29, 1.82) is 5.26 Å². The van der Waals surface area contributed by atoms with E-state index in [9.17, 15) is 8.42 Å². The van der Waals surface area contributed by atoms with Gasteiger partial charge in [-0.05, 0) is 30.3 Å². The van der Waals surface area contributed by atoms with Crippen molar-refractivity contribution in [2.75, 3.05) is 24.3 Å². The van der Waals surface area contributed by atoms with Crippen molar-refractivity contribution in [3.8, 4) is 17.6 Å². The maximum atomic E-state index is 13.1. The minimum absolute atomic E-state index is 0.00199. The van der Waals surface area contributed by atoms with Gasteiger partial charge in [0.05, 0.1) is 41.8 Å². The predicted molar refractivity (Wildman–Crippen MR) is 124 cm³/mol. The molecule has 0 saturated heterocycles. The fraction of sp³-hybridized carbons (Fsp3) is 0.0870. The van der Waals surface area contributed by atoms with E-state index in [0.29, 0.717) is 28.2 Å². The molecule has 0 fully saturated rings. The molecular formula is C23H19N5O4S. The molecular weight excluding hydrogens is 442 g/mol. The third-order valence-corrected chi connectivity index (χ3v) is 6.03. The third-order valence-electron chi connectivity index (χ3n) is 4.69. The summed E-state index contributed by atoms with van der Waals surface area (Å²) in [7, 11) is -0.986. The van der Waals surface area contributed by atoms with Gasteiger partial charge in [0.25, 0.3) is 10.0 Å². The van der Waals surface area contributed by atoms with Crippen molar-refractivity contribution < 1.29 is 17.9 Å². The van der Waals surface area contributed by atoms with Gasteiger partial charge in [-0.1, -0.05) is 18.2 Å². The number of ether oxygens (including phenoxy) is 2. The van der Waals surface area contributed by atoms with Crippen molar-refractivity contribution in [2.45, 2.75) is 4.90 Å². The minimum atomic E-state index is -4.05. The average Bonchev–Trinajstić information content (AvgIpc) is 2.84. The third kappa shape index (κ3) is 4.78. The van der Waals surface area contributed by atoms with E-state index in [-0.39, 0.29) is 22.1 Å². The summed E-state index contributed by atoms with van der Waals surface area (Å²) in [6, 6.07) is 19.9. The fourth-order valence-corrected chi connectivity index (χ4v) is 4.15. The quantitative estimate of drug-likeness (QED) is 0.422. The standard InChI is InChI=1S/C23H19N5O4S/c1-31-17-11-16(12-18(13-17)32-2)25-22-23(27-21-9-4-3-8-20(21)26-22)28-33(29,30)19-7-5-6-15(10-19)14-24/h3-13H,1-2H3,(H,25,26)(H,27,28). The Labute approximate surface area is 190 Å². The lowest BCUT2D eigenvalue weighted by Gasteiger charge is -2.15. The highest BCUT2D eigenvalue weighted by Crippen LogP contribution is 2.31. The molecule has 10 heteroatoms. The SMILES string of the molecule is COc1cc(Nc2nc3ccccc3nc2NS(=O)(=O)c2cccc(C#N)c2)cc(OC)c1. The second-order valence-electron chi connectivity index (χ2n) is 6.88. The number of hydrogen-bond acceptors (Lipinski definition) is 8. The molecule has 4 rings (SSSR count). The summed E-state index contributed by atoms with van der Waals surface area (Å²) >= 11 is 0. The summed E-state index contributed by atoms with van der Waals surface area (Å²) in [5.41, 5.74) is 1.87. The smallest absolute Gasteiger partial charge is 0.263 e. The Morgan fingerprint density at radius 3 is 2.09 bits per heavy atom. The molecule has 2 N–H and O–H groups in total. The van der Waals surface area contributed by atoms with E-state index in [0.717, 1.165) is 0 Å². The van der Waals surface area contributed by atoms with Gasteiger partial charge in [-0.15, -0.1) is 0 Å². The van der Waals surface area contributed by atoms with Crippen molar-refractivity contribution in [2.24, 2.45) is 0 Å². The average molecular weight is 462 g/mol. The molecule has 0 aliphatic carbocycles. The zero-order valence-corrected chi connectivity index (χ0v) is 18.6. The van der Waals surface area contributed by atoms with E-state index in [2.05, 4.69) is 20.0 Å². The Hall–Kier alpha value is -4.36. The monoisotopic (exact) mass is 461 g/mol. The van der Waals surface area contributed by atoms with Gasteiger partial charge in [-0.25, -0.2) is 18.4 Å². The van der Waals surface area contributed by atoms with Crippen molar-refractivity contribution in [3.05, 3.63) is 72.3 Å². The number of fused-ring (bicyclic) bond motifs is 1. The normalized spacial score (nSPS) is 10.9. The molecule has 0 radical (unpaired) electrons. The van der Waals surface area contributed by atoms with Crippen LogP contribution >= 0.6 is 0 Å². The fourth-order valence-electron chi connectivity index (χ4n) is 3.09. The lowest BCUT2D eigenvalue weighted by Crippen LogP contribution is -2.16. The van der Waals surface area contributed by atoms with Crippen LogP contribution in [-0.4, -0.2) is 32.6 Å². The van der Waals surface area contributed by atoms with Gasteiger partial charge < -0.3 is 14.8 Å². The van der Waals surface area contributed by atoms with E-state index in [4.69, 9.17) is 14.7 Å². The first kappa shape index (κ1) is 21.9. The van der Waals surface area contributed by atoms with Crippen LogP contribution in [0.3, 0.4) is 0 Å². The summed E-state index contributed by atoms with van der Waals surface area (Å²) < 4.78 is 39.2. The van der Waals surface area contributed by atoms with Crippen molar-refractivity contribution in [3.63, 3.8) is 0 Å². The second kappa shape index (κ2) is 9.02. The molecule has 9 nitrogen and oxygen atoms in total. The van der Waals surface area contributed by atoms with Gasteiger partial charge in [0, 0.05) is 23.9 Å². The molecule has 33 heavy (non-hydrogen) atoms. The van der Waals surface area contributed by atoms with Crippen LogP contribution in [0.4, 0.5) is 17.3 Å². The molecule has 3 aromatic carbocycles. The number of rotatable bonds is 7. The number of aromatic nitrogens is 2. The summed E-state index contributed by atoms with van der Waals surface area (Å²) in [4.78, 5) is 8.96. The van der Waals surface area contributed by atoms with Crippen LogP contribution < -0.4 is 19.5 Å². The van der Waals surface area contributed by atoms with E-state index >= 15 is 0 Å². The number of sulfonamides is 1. The largest absolute Gasteiger partial charge is 0.497 e. The maximum absolute atomic E-state index is 13.1. The highest BCUT2D eigenvalue weighted by Gasteiger charge is 2.20. The number of nitriles is 1. The van der Waals surface area contributed by atoms with Crippen LogP contribution in [0, 0.1) is 11.3 Å². The summed E-state index contributed by atoms with van der Waals surface area (Å²) in [6.45, 7) is 0. The van der Waals surface area contributed by atoms with Crippen LogP contribution in [0.1, 0.15) is 5.56 Å². The Balaban J connectivity index is 1.79. The Kier molecular flexibility index (Phi) is 5.97. The van der Waals surface area contributed by atoms with E-state index in [1.165, 1.54) is 38.5 Å². The number of nitrogens with zero attached hydrogens (tertiary/aromatic N) is 3. The molecule has 0 amide bonds. The zero-order chi connectivity index (χ0) is 23.4. The van der Waals surface area contributed by atoms with E-state index < -0.39 is 10.0 Å². The van der Waals surface area contributed by atoms with E-state index in [1.807, 2.05) is 12.1 Å². The van der Waals surface area contributed by atoms with Crippen LogP contribution in [0.25, 0.3) is 11.0 Å². The molecule has 0 bridgehead atoms. The molecule has 0 atom stereocenters. The van der Waals surface area contributed by atoms with Gasteiger partial charge in [-0.3, -0.25) is 4.72 Å². The Morgan fingerprint density at radius 2 is 1.48 bits per heavy atom. The van der Waals surface area contributed by atoms with Crippen LogP contribution in [-0.2, 0) is 10.0 Å². The molecule has 0 aliphatic heterocycles. The van der Waals surface area contributed by atoms with Crippen LogP contribution in [0.15, 0.2) is 71.6 Å². The molecule has 4 aromatic rings. The Morgan fingerprint density at radius 1 is 0.848 bits per heavy atom. The zero-order valence-electron chi connectivity index (χ0n) is 17.7. The lowest BCUT2D eigenvalue weighted by molar-refractivity contribution is 0.395. The first-order valence-electron chi connectivity index (χ1n) is 9.72. The van der Waals surface area contributed by atoms with Crippen LogP contribution in [0.5, 0.6) is 11.5 Å². The molecule has 0 saturated carbocycles. The van der Waals surface area contributed by atoms with Gasteiger partial charge in [0.1, 0.15) is 11.5 Å². The molecule has 0 spiro atoms. The number of para-hydroxylation sites is 2. The van der Waals surface area contributed by atoms with Crippen LogP contribution in [0.2, 0.25) is 0 Å². The van der Waals surface area contributed by atoms with Gasteiger partial charge in [-0.2, -0.15) is 5.26 Å². The highest BCUT2D eigenvalue weighted by molar-refractivity contribution is 7.92. The molecule has 0 aliphatic rings. The first-order valence-corrected chi connectivity index (χ1v) is 11.2. The number of nitrogens with one attached hydrogen (secondary N) is 2. The molecule has 1 aromatic heterocycles. The van der Waals surface area contributed by atoms with Crippen molar-refractivity contribution in [1.82, 2.24) is 9.97 Å². The topological polar surface area (TPSA) is 126 Å². The summed E-state index contributed by atoms with van der Waals surface area (Å²) in [6.07, 6.45) is 0. The highest BCUT2D eigenvalue weighted by atomic mass is 32.2. The molecule has 0 unspecified atom stereocenters. The molecule has 166 valence electrons. The number of benzene rings is 3. The molecule has 1 heterocycles.